The Morgan fingerprint density at radius 3 is 1.46 bits per heavy atom. The zero-order chi connectivity index (χ0) is 21.9. The molecule has 5 rings (SSSR count). The van der Waals surface area contributed by atoms with Crippen LogP contribution in [0.3, 0.4) is 0 Å². The number of rotatable bonds is 4. The largest absolute Gasteiger partial charge is 2.00 e. The zero-order valence-corrected chi connectivity index (χ0v) is 22.9. The summed E-state index contributed by atoms with van der Waals surface area (Å²) in [6, 6.07) is 19.2. The molecule has 0 amide bonds. The van der Waals surface area contributed by atoms with Crippen LogP contribution in [0.1, 0.15) is 73.2 Å². The van der Waals surface area contributed by atoms with Gasteiger partial charge in [0.2, 0.25) is 0 Å². The Kier molecular flexibility index (Phi) is 11.2. The quantitative estimate of drug-likeness (QED) is 0.356. The summed E-state index contributed by atoms with van der Waals surface area (Å²) in [5.41, 5.74) is 11.7. The van der Waals surface area contributed by atoms with Crippen molar-refractivity contribution in [1.29, 1.82) is 0 Å². The van der Waals surface area contributed by atoms with Crippen LogP contribution in [0.4, 0.5) is 11.4 Å². The summed E-state index contributed by atoms with van der Waals surface area (Å²) in [4.78, 5) is 14.9. The second-order valence-electron chi connectivity index (χ2n) is 9.05. The number of halogens is 2. The van der Waals surface area contributed by atoms with E-state index in [9.17, 15) is 0 Å². The van der Waals surface area contributed by atoms with Gasteiger partial charge in [-0.3, -0.25) is 9.98 Å². The number of aryl methyl sites for hydroxylation is 2. The molecule has 0 N–H and O–H groups in total. The summed E-state index contributed by atoms with van der Waals surface area (Å²) in [7, 11) is 0. The molecule has 2 aromatic carbocycles. The van der Waals surface area contributed by atoms with Crippen molar-refractivity contribution in [1.82, 2.24) is 4.98 Å². The molecule has 0 unspecified atom stereocenters. The van der Waals surface area contributed by atoms with Crippen molar-refractivity contribution in [2.75, 3.05) is 0 Å². The number of pyridine rings is 1. The predicted octanol–water partition coefficient (Wildman–Crippen LogP) is 1.13. The number of hydrogen-bond donors (Lipinski definition) is 0. The van der Waals surface area contributed by atoms with Gasteiger partial charge in [-0.25, -0.2) is 4.98 Å². The number of aliphatic imine (C=N–C) groups is 2. The third-order valence-corrected chi connectivity index (χ3v) is 6.81. The Bertz CT molecular complexity index is 1130. The molecule has 0 spiro atoms. The van der Waals surface area contributed by atoms with E-state index in [2.05, 4.69) is 68.4 Å². The fraction of sp³-hybridized carbons (Fsp3) is 0.345. The SMILES string of the molecule is C/C(=N\c1cccc2c1CCCC2)c1cccc(/C(C)=N/c2cccc3c2CCCC3)n1.[Cl-].[Cl-].[Fe+2]. The number of hydrogen-bond acceptors (Lipinski definition) is 3. The van der Waals surface area contributed by atoms with Crippen LogP contribution in [-0.2, 0) is 42.8 Å². The summed E-state index contributed by atoms with van der Waals surface area (Å²) in [5, 5.41) is 0. The van der Waals surface area contributed by atoms with Crippen LogP contribution in [0, 0.1) is 0 Å². The molecule has 0 saturated carbocycles. The van der Waals surface area contributed by atoms with Gasteiger partial charge in [-0.2, -0.15) is 0 Å². The summed E-state index contributed by atoms with van der Waals surface area (Å²) in [6.07, 6.45) is 9.68. The second kappa shape index (κ2) is 13.4. The van der Waals surface area contributed by atoms with Gasteiger partial charge >= 0.3 is 17.1 Å². The van der Waals surface area contributed by atoms with Crippen molar-refractivity contribution < 1.29 is 41.9 Å². The Morgan fingerprint density at radius 1 is 0.600 bits per heavy atom. The van der Waals surface area contributed by atoms with Gasteiger partial charge in [0, 0.05) is 0 Å². The number of fused-ring (bicyclic) bond motifs is 2. The maximum atomic E-state index is 5.00. The minimum absolute atomic E-state index is 0. The van der Waals surface area contributed by atoms with E-state index in [4.69, 9.17) is 15.0 Å². The van der Waals surface area contributed by atoms with Crippen LogP contribution in [-0.4, -0.2) is 16.4 Å². The van der Waals surface area contributed by atoms with Crippen LogP contribution in [0.15, 0.2) is 64.6 Å². The summed E-state index contributed by atoms with van der Waals surface area (Å²) in [6.45, 7) is 4.13. The molecule has 0 atom stereocenters. The van der Waals surface area contributed by atoms with Gasteiger partial charge in [-0.1, -0.05) is 30.3 Å². The first-order chi connectivity index (χ1) is 15.7. The smallest absolute Gasteiger partial charge is 1.00 e. The molecule has 2 aliphatic rings. The predicted molar refractivity (Wildman–Crippen MR) is 134 cm³/mol. The van der Waals surface area contributed by atoms with Gasteiger partial charge in [0.1, 0.15) is 0 Å². The fourth-order valence-corrected chi connectivity index (χ4v) is 5.05. The summed E-state index contributed by atoms with van der Waals surface area (Å²) < 4.78 is 0. The van der Waals surface area contributed by atoms with Crippen LogP contribution in [0.2, 0.25) is 0 Å². The average Bonchev–Trinajstić information content (AvgIpc) is 2.84. The first-order valence-electron chi connectivity index (χ1n) is 12.0. The van der Waals surface area contributed by atoms with E-state index in [1.165, 1.54) is 60.8 Å². The molecule has 35 heavy (non-hydrogen) atoms. The van der Waals surface area contributed by atoms with E-state index in [-0.39, 0.29) is 41.9 Å². The first-order valence-corrected chi connectivity index (χ1v) is 12.0. The number of aromatic nitrogens is 1. The van der Waals surface area contributed by atoms with Gasteiger partial charge in [-0.15, -0.1) is 0 Å². The average molecular weight is 548 g/mol. The Hall–Kier alpha value is -1.97. The minimum atomic E-state index is 0. The third-order valence-electron chi connectivity index (χ3n) is 6.81. The Morgan fingerprint density at radius 2 is 1.00 bits per heavy atom. The molecule has 0 radical (unpaired) electrons. The number of nitrogens with zero attached hydrogens (tertiary/aromatic N) is 3. The molecular formula is C29H31Cl2FeN3. The monoisotopic (exact) mass is 547 g/mol. The van der Waals surface area contributed by atoms with Crippen molar-refractivity contribution in [3.05, 3.63) is 88.2 Å². The van der Waals surface area contributed by atoms with E-state index in [0.29, 0.717) is 0 Å². The molecule has 0 fully saturated rings. The van der Waals surface area contributed by atoms with E-state index in [1.54, 1.807) is 0 Å². The molecule has 6 heteroatoms. The molecule has 184 valence electrons. The van der Waals surface area contributed by atoms with E-state index in [0.717, 1.165) is 47.0 Å². The standard InChI is InChI=1S/C29H31N3.2ClH.Fe/c1-20(30-28-18-7-12-22-10-3-5-14-24(22)28)26-16-9-17-27(32-26)21(2)31-29-19-8-13-23-11-4-6-15-25(23)29;;;/h7-9,12-13,16-19H,3-6,10-11,14-15H2,1-2H3;2*1H;/q;;;+2/p-2/b30-20+,31-21+;;;. The third kappa shape index (κ3) is 6.62. The molecule has 0 bridgehead atoms. The minimum Gasteiger partial charge on any atom is -1.00 e. The summed E-state index contributed by atoms with van der Waals surface area (Å²) in [5.74, 6) is 0. The molecule has 3 aromatic rings. The van der Waals surface area contributed by atoms with Crippen LogP contribution >= 0.6 is 0 Å². The molecular weight excluding hydrogens is 517 g/mol. The van der Waals surface area contributed by atoms with Crippen molar-refractivity contribution >= 4 is 22.8 Å². The topological polar surface area (TPSA) is 37.6 Å². The maximum absolute atomic E-state index is 5.00. The number of benzene rings is 2. The van der Waals surface area contributed by atoms with Crippen LogP contribution < -0.4 is 24.8 Å². The normalized spacial score (nSPS) is 15.0. The van der Waals surface area contributed by atoms with Crippen molar-refractivity contribution in [2.24, 2.45) is 9.98 Å². The van der Waals surface area contributed by atoms with Crippen LogP contribution in [0.25, 0.3) is 0 Å². The van der Waals surface area contributed by atoms with Gasteiger partial charge in [0.25, 0.3) is 0 Å². The van der Waals surface area contributed by atoms with Crippen molar-refractivity contribution in [3.63, 3.8) is 0 Å². The Labute approximate surface area is 232 Å². The molecule has 3 nitrogen and oxygen atoms in total. The van der Waals surface area contributed by atoms with Crippen LogP contribution in [0.5, 0.6) is 0 Å². The fourth-order valence-electron chi connectivity index (χ4n) is 5.05. The van der Waals surface area contributed by atoms with E-state index < -0.39 is 0 Å². The second-order valence-corrected chi connectivity index (χ2v) is 9.05. The molecule has 1 heterocycles. The molecule has 2 aliphatic carbocycles. The molecule has 0 aliphatic heterocycles. The first kappa shape index (κ1) is 29.3. The van der Waals surface area contributed by atoms with Crippen molar-refractivity contribution in [3.8, 4) is 0 Å². The Balaban J connectivity index is 0.00000144. The molecule has 1 aromatic heterocycles. The van der Waals surface area contributed by atoms with E-state index in [1.807, 2.05) is 0 Å². The molecule has 0 saturated heterocycles. The maximum Gasteiger partial charge on any atom is 2.00 e. The van der Waals surface area contributed by atoms with Gasteiger partial charge in [-0.05, 0) is 112 Å². The van der Waals surface area contributed by atoms with Crippen molar-refractivity contribution in [2.45, 2.75) is 65.2 Å². The van der Waals surface area contributed by atoms with E-state index >= 15 is 0 Å². The summed E-state index contributed by atoms with van der Waals surface area (Å²) >= 11 is 0. The van der Waals surface area contributed by atoms with Gasteiger partial charge in [0.05, 0.1) is 34.2 Å². The zero-order valence-electron chi connectivity index (χ0n) is 20.3. The van der Waals surface area contributed by atoms with Gasteiger partial charge < -0.3 is 24.8 Å². The van der Waals surface area contributed by atoms with Gasteiger partial charge in [0.15, 0.2) is 0 Å².